The second-order valence-corrected chi connectivity index (χ2v) is 3.89. The summed E-state index contributed by atoms with van der Waals surface area (Å²) >= 11 is 0. The average molecular weight is 242 g/mol. The van der Waals surface area contributed by atoms with Gasteiger partial charge in [0.1, 0.15) is 18.5 Å². The van der Waals surface area contributed by atoms with Crippen LogP contribution in [-0.2, 0) is 0 Å². The lowest BCUT2D eigenvalue weighted by Gasteiger charge is -2.13. The Labute approximate surface area is 106 Å². The van der Waals surface area contributed by atoms with Crippen LogP contribution in [-0.4, -0.2) is 18.0 Å². The number of benzene rings is 2. The van der Waals surface area contributed by atoms with E-state index in [1.54, 1.807) is 24.3 Å². The molecule has 0 aromatic heterocycles. The van der Waals surface area contributed by atoms with Crippen molar-refractivity contribution in [3.63, 3.8) is 0 Å². The molecule has 0 fully saturated rings. The van der Waals surface area contributed by atoms with Gasteiger partial charge >= 0.3 is 0 Å². The van der Waals surface area contributed by atoms with Gasteiger partial charge in [-0.15, -0.1) is 0 Å². The first-order chi connectivity index (χ1) is 8.81. The molecule has 0 aliphatic rings. The molecular formula is C15H14O3. The van der Waals surface area contributed by atoms with Crippen molar-refractivity contribution in [2.24, 2.45) is 0 Å². The van der Waals surface area contributed by atoms with Crippen LogP contribution in [0.4, 0.5) is 0 Å². The summed E-state index contributed by atoms with van der Waals surface area (Å²) in [5, 5.41) is 9.93. The van der Waals surface area contributed by atoms with Gasteiger partial charge in [-0.2, -0.15) is 0 Å². The number of aliphatic hydroxyl groups excluding tert-OH is 1. The summed E-state index contributed by atoms with van der Waals surface area (Å²) in [5.41, 5.74) is 1.28. The molecule has 18 heavy (non-hydrogen) atoms. The van der Waals surface area contributed by atoms with E-state index in [1.165, 1.54) is 0 Å². The summed E-state index contributed by atoms with van der Waals surface area (Å²) in [6.45, 7) is 0.120. The van der Waals surface area contributed by atoms with Crippen LogP contribution >= 0.6 is 0 Å². The molecule has 2 aromatic rings. The molecule has 0 spiro atoms. The third-order valence-corrected chi connectivity index (χ3v) is 2.63. The number of hydrogen-bond acceptors (Lipinski definition) is 3. The van der Waals surface area contributed by atoms with Crippen molar-refractivity contribution in [2.75, 3.05) is 6.61 Å². The Balaban J connectivity index is 2.01. The van der Waals surface area contributed by atoms with Crippen molar-refractivity contribution in [2.45, 2.75) is 6.10 Å². The molecule has 0 heterocycles. The van der Waals surface area contributed by atoms with Crippen LogP contribution in [0.5, 0.6) is 5.75 Å². The zero-order valence-electron chi connectivity index (χ0n) is 9.82. The summed E-state index contributed by atoms with van der Waals surface area (Å²) in [5.74, 6) is 0.488. The van der Waals surface area contributed by atoms with Crippen LogP contribution in [0.2, 0.25) is 0 Å². The first kappa shape index (κ1) is 12.3. The van der Waals surface area contributed by atoms with E-state index in [0.29, 0.717) is 11.3 Å². The van der Waals surface area contributed by atoms with E-state index < -0.39 is 6.10 Å². The Morgan fingerprint density at radius 2 is 1.72 bits per heavy atom. The summed E-state index contributed by atoms with van der Waals surface area (Å²) in [4.78, 5) is 10.8. The van der Waals surface area contributed by atoms with Gasteiger partial charge in [0.15, 0.2) is 6.29 Å². The fourth-order valence-corrected chi connectivity index (χ4v) is 1.65. The lowest BCUT2D eigenvalue weighted by atomic mass is 10.1. The first-order valence-electron chi connectivity index (χ1n) is 5.71. The average Bonchev–Trinajstić information content (AvgIpc) is 2.46. The van der Waals surface area contributed by atoms with Gasteiger partial charge in [0.05, 0.1) is 5.56 Å². The van der Waals surface area contributed by atoms with Crippen molar-refractivity contribution >= 4 is 6.29 Å². The maximum absolute atomic E-state index is 10.8. The summed E-state index contributed by atoms with van der Waals surface area (Å²) in [6, 6.07) is 16.2. The number of ether oxygens (including phenoxy) is 1. The van der Waals surface area contributed by atoms with Gasteiger partial charge in [0.2, 0.25) is 0 Å². The Morgan fingerprint density at radius 3 is 2.44 bits per heavy atom. The molecule has 2 rings (SSSR count). The number of hydrogen-bond donors (Lipinski definition) is 1. The zero-order valence-corrected chi connectivity index (χ0v) is 9.82. The van der Waals surface area contributed by atoms with Gasteiger partial charge in [-0.25, -0.2) is 0 Å². The summed E-state index contributed by atoms with van der Waals surface area (Å²) < 4.78 is 5.46. The highest BCUT2D eigenvalue weighted by molar-refractivity contribution is 5.79. The Morgan fingerprint density at radius 1 is 1.06 bits per heavy atom. The quantitative estimate of drug-likeness (QED) is 0.820. The smallest absolute Gasteiger partial charge is 0.153 e. The van der Waals surface area contributed by atoms with Crippen LogP contribution in [0.3, 0.4) is 0 Å². The molecule has 0 aliphatic heterocycles. The topological polar surface area (TPSA) is 46.5 Å². The third kappa shape index (κ3) is 2.96. The van der Waals surface area contributed by atoms with Gasteiger partial charge < -0.3 is 9.84 Å². The third-order valence-electron chi connectivity index (χ3n) is 2.63. The van der Waals surface area contributed by atoms with Crippen LogP contribution in [0.1, 0.15) is 22.0 Å². The highest BCUT2D eigenvalue weighted by atomic mass is 16.5. The molecule has 1 unspecified atom stereocenters. The highest BCUT2D eigenvalue weighted by Crippen LogP contribution is 2.19. The van der Waals surface area contributed by atoms with Crippen LogP contribution in [0, 0.1) is 0 Å². The summed E-state index contributed by atoms with van der Waals surface area (Å²) in [6.07, 6.45) is 0.0374. The van der Waals surface area contributed by atoms with E-state index in [9.17, 15) is 9.90 Å². The predicted molar refractivity (Wildman–Crippen MR) is 68.7 cm³/mol. The van der Waals surface area contributed by atoms with Gasteiger partial charge in [-0.05, 0) is 17.7 Å². The molecule has 0 radical (unpaired) electrons. The number of carbonyl (C=O) groups excluding carboxylic acids is 1. The minimum absolute atomic E-state index is 0.120. The van der Waals surface area contributed by atoms with Crippen molar-refractivity contribution in [3.8, 4) is 5.75 Å². The molecule has 0 bridgehead atoms. The molecule has 0 saturated heterocycles. The maximum atomic E-state index is 10.8. The SMILES string of the molecule is O=Cc1ccccc1OCC(O)c1ccccc1. The van der Waals surface area contributed by atoms with E-state index in [2.05, 4.69) is 0 Å². The van der Waals surface area contributed by atoms with Crippen LogP contribution < -0.4 is 4.74 Å². The molecule has 0 saturated carbocycles. The van der Waals surface area contributed by atoms with Crippen molar-refractivity contribution in [1.82, 2.24) is 0 Å². The zero-order chi connectivity index (χ0) is 12.8. The molecule has 0 aliphatic carbocycles. The number of aliphatic hydroxyl groups is 1. The Bertz CT molecular complexity index is 508. The fraction of sp³-hybridized carbons (Fsp3) is 0.133. The van der Waals surface area contributed by atoms with Crippen molar-refractivity contribution < 1.29 is 14.6 Å². The van der Waals surface area contributed by atoms with E-state index >= 15 is 0 Å². The normalized spacial score (nSPS) is 11.8. The molecule has 3 heteroatoms. The van der Waals surface area contributed by atoms with Gasteiger partial charge in [-0.1, -0.05) is 42.5 Å². The van der Waals surface area contributed by atoms with Crippen molar-refractivity contribution in [3.05, 3.63) is 65.7 Å². The minimum atomic E-state index is -0.703. The maximum Gasteiger partial charge on any atom is 0.153 e. The van der Waals surface area contributed by atoms with E-state index in [-0.39, 0.29) is 6.61 Å². The van der Waals surface area contributed by atoms with Gasteiger partial charge in [-0.3, -0.25) is 4.79 Å². The lowest BCUT2D eigenvalue weighted by Crippen LogP contribution is -2.10. The first-order valence-corrected chi connectivity index (χ1v) is 5.71. The molecule has 92 valence electrons. The Hall–Kier alpha value is -2.13. The molecule has 3 nitrogen and oxygen atoms in total. The predicted octanol–water partition coefficient (Wildman–Crippen LogP) is 2.61. The Kier molecular flexibility index (Phi) is 4.10. The standard InChI is InChI=1S/C15H14O3/c16-10-13-8-4-5-9-15(13)18-11-14(17)12-6-2-1-3-7-12/h1-10,14,17H,11H2. The van der Waals surface area contributed by atoms with E-state index in [0.717, 1.165) is 11.8 Å². The van der Waals surface area contributed by atoms with Crippen LogP contribution in [0.15, 0.2) is 54.6 Å². The molecule has 1 atom stereocenters. The lowest BCUT2D eigenvalue weighted by molar-refractivity contribution is 0.104. The van der Waals surface area contributed by atoms with E-state index in [1.807, 2.05) is 30.3 Å². The molecular weight excluding hydrogens is 228 g/mol. The van der Waals surface area contributed by atoms with Crippen molar-refractivity contribution in [1.29, 1.82) is 0 Å². The van der Waals surface area contributed by atoms with Crippen LogP contribution in [0.25, 0.3) is 0 Å². The second-order valence-electron chi connectivity index (χ2n) is 3.89. The largest absolute Gasteiger partial charge is 0.490 e. The number of carbonyl (C=O) groups is 1. The van der Waals surface area contributed by atoms with E-state index in [4.69, 9.17) is 4.74 Å². The molecule has 0 amide bonds. The van der Waals surface area contributed by atoms with Gasteiger partial charge in [0.25, 0.3) is 0 Å². The number of para-hydroxylation sites is 1. The second kappa shape index (κ2) is 5.98. The minimum Gasteiger partial charge on any atom is -0.490 e. The molecule has 2 aromatic carbocycles. The van der Waals surface area contributed by atoms with Gasteiger partial charge in [0, 0.05) is 0 Å². The summed E-state index contributed by atoms with van der Waals surface area (Å²) in [7, 11) is 0. The number of rotatable bonds is 5. The fourth-order valence-electron chi connectivity index (χ4n) is 1.65. The molecule has 1 N–H and O–H groups in total. The highest BCUT2D eigenvalue weighted by Gasteiger charge is 2.09. The monoisotopic (exact) mass is 242 g/mol. The number of aldehydes is 1.